The summed E-state index contributed by atoms with van der Waals surface area (Å²) in [5, 5.41) is 10.3. The van der Waals surface area contributed by atoms with Gasteiger partial charge >= 0.3 is 0 Å². The van der Waals surface area contributed by atoms with Crippen LogP contribution in [0.15, 0.2) is 35.3 Å². The number of aliphatic imine (C=N–C) groups is 1. The Bertz CT molecular complexity index is 780. The van der Waals surface area contributed by atoms with Gasteiger partial charge in [-0.3, -0.25) is 4.99 Å². The van der Waals surface area contributed by atoms with Gasteiger partial charge in [0.1, 0.15) is 5.75 Å². The fraction of sp³-hybridized carbons (Fsp3) is 0.381. The molecule has 0 heterocycles. The molecule has 0 aliphatic rings. The van der Waals surface area contributed by atoms with Crippen molar-refractivity contribution in [1.82, 2.24) is 0 Å². The lowest BCUT2D eigenvalue weighted by atomic mass is 9.80. The van der Waals surface area contributed by atoms with E-state index in [2.05, 4.69) is 110 Å². The Labute approximate surface area is 178 Å². The van der Waals surface area contributed by atoms with E-state index >= 15 is 0 Å². The van der Waals surface area contributed by atoms with E-state index < -0.39 is 0 Å². The van der Waals surface area contributed by atoms with Gasteiger partial charge < -0.3 is 5.11 Å². The molecule has 1 N–H and O–H groups in total. The van der Waals surface area contributed by atoms with Crippen molar-refractivity contribution < 1.29 is 5.11 Å². The summed E-state index contributed by atoms with van der Waals surface area (Å²) in [6.45, 7) is 13.3. The lowest BCUT2D eigenvalue weighted by Crippen LogP contribution is -2.16. The number of phenols is 1. The average molecular weight is 561 g/mol. The number of hydrogen-bond donors (Lipinski definition) is 1. The van der Waals surface area contributed by atoms with E-state index in [-0.39, 0.29) is 16.6 Å². The molecule has 25 heavy (non-hydrogen) atoms. The van der Waals surface area contributed by atoms with Gasteiger partial charge in [-0.25, -0.2) is 0 Å². The maximum atomic E-state index is 10.3. The van der Waals surface area contributed by atoms with Crippen molar-refractivity contribution in [3.8, 4) is 5.75 Å². The fourth-order valence-corrected chi connectivity index (χ4v) is 4.27. The molecule has 2 rings (SSSR count). The molecule has 4 heteroatoms. The third-order valence-electron chi connectivity index (χ3n) is 4.06. The summed E-state index contributed by atoms with van der Waals surface area (Å²) in [7, 11) is 0. The number of aromatic hydroxyl groups is 1. The molecule has 0 bridgehead atoms. The molecular formula is C21H25I2NO. The minimum absolute atomic E-state index is 0.0607. The van der Waals surface area contributed by atoms with E-state index in [9.17, 15) is 5.11 Å². The van der Waals surface area contributed by atoms with Crippen LogP contribution in [0.2, 0.25) is 0 Å². The standard InChI is InChI=1S/C21H25I2NO/c1-20(2,3)14-8-15(21(4,5)6)10-17(9-14)24-12-13-7-16(22)11-18(23)19(13)25/h7-12,25H,1-6H3. The minimum atomic E-state index is 0.0607. The smallest absolute Gasteiger partial charge is 0.137 e. The van der Waals surface area contributed by atoms with Crippen molar-refractivity contribution >= 4 is 57.1 Å². The van der Waals surface area contributed by atoms with Gasteiger partial charge in [0.25, 0.3) is 0 Å². The molecule has 2 aromatic carbocycles. The van der Waals surface area contributed by atoms with Crippen molar-refractivity contribution in [2.75, 3.05) is 0 Å². The number of nitrogens with zero attached hydrogens (tertiary/aromatic N) is 1. The molecule has 0 aromatic heterocycles. The zero-order valence-electron chi connectivity index (χ0n) is 15.6. The first-order chi connectivity index (χ1) is 11.4. The normalized spacial score (nSPS) is 12.8. The maximum absolute atomic E-state index is 10.3. The monoisotopic (exact) mass is 561 g/mol. The third-order valence-corrected chi connectivity index (χ3v) is 5.51. The molecule has 0 saturated heterocycles. The molecular weight excluding hydrogens is 536 g/mol. The average Bonchev–Trinajstić information content (AvgIpc) is 2.47. The molecule has 0 radical (unpaired) electrons. The van der Waals surface area contributed by atoms with Crippen molar-refractivity contribution in [2.24, 2.45) is 4.99 Å². The molecule has 0 aliphatic carbocycles. The summed E-state index contributed by atoms with van der Waals surface area (Å²) >= 11 is 4.40. The number of rotatable bonds is 2. The lowest BCUT2D eigenvalue weighted by Gasteiger charge is -2.25. The highest BCUT2D eigenvalue weighted by Crippen LogP contribution is 2.33. The molecule has 0 aliphatic heterocycles. The molecule has 0 spiro atoms. The minimum Gasteiger partial charge on any atom is -0.506 e. The number of benzene rings is 2. The SMILES string of the molecule is CC(C)(C)c1cc(N=Cc2cc(I)cc(I)c2O)cc(C(C)(C)C)c1. The summed E-state index contributed by atoms with van der Waals surface area (Å²) in [5.41, 5.74) is 4.33. The molecule has 2 nitrogen and oxygen atoms in total. The van der Waals surface area contributed by atoms with Crippen LogP contribution in [0.25, 0.3) is 0 Å². The Kier molecular flexibility index (Phi) is 6.24. The van der Waals surface area contributed by atoms with E-state index in [1.54, 1.807) is 6.21 Å². The van der Waals surface area contributed by atoms with E-state index in [1.807, 2.05) is 12.1 Å². The summed E-state index contributed by atoms with van der Waals surface area (Å²) < 4.78 is 1.92. The van der Waals surface area contributed by atoms with E-state index in [0.29, 0.717) is 0 Å². The van der Waals surface area contributed by atoms with Crippen LogP contribution < -0.4 is 0 Å². The number of hydrogen-bond acceptors (Lipinski definition) is 2. The second-order valence-corrected chi connectivity index (χ2v) is 10.8. The maximum Gasteiger partial charge on any atom is 0.137 e. The molecule has 0 unspecified atom stereocenters. The molecule has 0 fully saturated rings. The number of halogens is 2. The Morgan fingerprint density at radius 1 is 0.840 bits per heavy atom. The van der Waals surface area contributed by atoms with Crippen LogP contribution in [-0.2, 0) is 10.8 Å². The lowest BCUT2D eigenvalue weighted by molar-refractivity contribution is 0.470. The van der Waals surface area contributed by atoms with Gasteiger partial charge in [0, 0.05) is 15.3 Å². The van der Waals surface area contributed by atoms with Gasteiger partial charge in [0.2, 0.25) is 0 Å². The van der Waals surface area contributed by atoms with Crippen molar-refractivity contribution in [3.05, 3.63) is 54.2 Å². The quantitative estimate of drug-likeness (QED) is 0.313. The topological polar surface area (TPSA) is 32.6 Å². The van der Waals surface area contributed by atoms with E-state index in [0.717, 1.165) is 18.4 Å². The molecule has 0 atom stereocenters. The molecule has 0 saturated carbocycles. The van der Waals surface area contributed by atoms with Crippen LogP contribution in [-0.4, -0.2) is 11.3 Å². The zero-order chi connectivity index (χ0) is 19.0. The van der Waals surface area contributed by atoms with Crippen LogP contribution in [0.5, 0.6) is 5.75 Å². The predicted octanol–water partition coefficient (Wildman–Crippen LogP) is 6.95. The fourth-order valence-electron chi connectivity index (χ4n) is 2.38. The first-order valence-corrected chi connectivity index (χ1v) is 10.4. The predicted molar refractivity (Wildman–Crippen MR) is 125 cm³/mol. The van der Waals surface area contributed by atoms with Crippen molar-refractivity contribution in [3.63, 3.8) is 0 Å². The summed E-state index contributed by atoms with van der Waals surface area (Å²) in [6, 6.07) is 10.5. The molecule has 134 valence electrons. The van der Waals surface area contributed by atoms with Gasteiger partial charge in [-0.15, -0.1) is 0 Å². The van der Waals surface area contributed by atoms with Crippen molar-refractivity contribution in [1.29, 1.82) is 0 Å². The van der Waals surface area contributed by atoms with Gasteiger partial charge in [-0.2, -0.15) is 0 Å². The second kappa shape index (κ2) is 7.55. The highest BCUT2D eigenvalue weighted by Gasteiger charge is 2.20. The van der Waals surface area contributed by atoms with Gasteiger partial charge in [0.05, 0.1) is 9.26 Å². The first kappa shape index (κ1) is 20.7. The Morgan fingerprint density at radius 3 is 1.84 bits per heavy atom. The molecule has 2 aromatic rings. The van der Waals surface area contributed by atoms with Gasteiger partial charge in [-0.05, 0) is 91.4 Å². The zero-order valence-corrected chi connectivity index (χ0v) is 19.9. The highest BCUT2D eigenvalue weighted by molar-refractivity contribution is 14.1. The first-order valence-electron chi connectivity index (χ1n) is 8.26. The summed E-state index contributed by atoms with van der Waals surface area (Å²) in [5.74, 6) is 0.285. The third kappa shape index (κ3) is 5.42. The van der Waals surface area contributed by atoms with Crippen LogP contribution >= 0.6 is 45.2 Å². The Balaban J connectivity index is 2.52. The number of phenolic OH excluding ortho intramolecular Hbond substituents is 1. The molecule has 0 amide bonds. The Morgan fingerprint density at radius 2 is 1.36 bits per heavy atom. The van der Waals surface area contributed by atoms with Gasteiger partial charge in [-0.1, -0.05) is 47.6 Å². The second-order valence-electron chi connectivity index (χ2n) is 8.35. The largest absolute Gasteiger partial charge is 0.506 e. The van der Waals surface area contributed by atoms with Crippen LogP contribution in [0.1, 0.15) is 58.2 Å². The highest BCUT2D eigenvalue weighted by atomic mass is 127. The van der Waals surface area contributed by atoms with Crippen molar-refractivity contribution in [2.45, 2.75) is 52.4 Å². The van der Waals surface area contributed by atoms with Gasteiger partial charge in [0.15, 0.2) is 0 Å². The van der Waals surface area contributed by atoms with Crippen LogP contribution in [0.3, 0.4) is 0 Å². The van der Waals surface area contributed by atoms with Crippen LogP contribution in [0.4, 0.5) is 5.69 Å². The van der Waals surface area contributed by atoms with E-state index in [4.69, 9.17) is 0 Å². The Hall–Kier alpha value is -0.630. The summed E-state index contributed by atoms with van der Waals surface area (Å²) in [4.78, 5) is 4.68. The summed E-state index contributed by atoms with van der Waals surface area (Å²) in [6.07, 6.45) is 1.76. The van der Waals surface area contributed by atoms with Crippen LogP contribution in [0, 0.1) is 7.14 Å². The van der Waals surface area contributed by atoms with E-state index in [1.165, 1.54) is 11.1 Å².